The van der Waals surface area contributed by atoms with Crippen molar-refractivity contribution in [3.8, 4) is 22.6 Å². The maximum atomic E-state index is 14.1. The second-order valence-corrected chi connectivity index (χ2v) is 11.4. The lowest BCUT2D eigenvalue weighted by molar-refractivity contribution is -0.148. The summed E-state index contributed by atoms with van der Waals surface area (Å²) in [5.41, 5.74) is 3.60. The largest absolute Gasteiger partial charge is 0.510 e. The van der Waals surface area contributed by atoms with E-state index in [1.54, 1.807) is 57.4 Å². The minimum atomic E-state index is -2.71. The average molecular weight is 591 g/mol. The fraction of sp³-hybridized carbons (Fsp3) is 0.344. The number of fused-ring (bicyclic) bond motifs is 3. The van der Waals surface area contributed by atoms with Gasteiger partial charge in [0.05, 0.1) is 24.8 Å². The van der Waals surface area contributed by atoms with Crippen LogP contribution in [0.1, 0.15) is 40.9 Å². The number of ketones is 2. The molecule has 1 amide bonds. The van der Waals surface area contributed by atoms with Gasteiger partial charge in [-0.1, -0.05) is 24.3 Å². The Morgan fingerprint density at radius 3 is 2.44 bits per heavy atom. The highest BCUT2D eigenvalue weighted by Crippen LogP contribution is 2.53. The summed E-state index contributed by atoms with van der Waals surface area (Å²) in [7, 11) is 4.64. The molecule has 43 heavy (non-hydrogen) atoms. The van der Waals surface area contributed by atoms with Crippen LogP contribution >= 0.6 is 0 Å². The molecule has 5 atom stereocenters. The van der Waals surface area contributed by atoms with Gasteiger partial charge >= 0.3 is 0 Å². The number of benzene rings is 2. The molecule has 3 aliphatic carbocycles. The molecule has 2 aromatic carbocycles. The number of aliphatic hydroxyl groups excluding tert-OH is 3. The SMILES string of the molecule is C/C=C/C(O)c1ccc(OC)c(-c2ccc(O)c3c2C[C@H]2C[C@H]4[C@H](N(C)C)C(O)=C(C(N)=O)C(=O)[C@@]4(O)C(O)=C2C3=O)c1. The second kappa shape index (κ2) is 10.7. The Kier molecular flexibility index (Phi) is 7.45. The van der Waals surface area contributed by atoms with Gasteiger partial charge in [0.1, 0.15) is 28.6 Å². The normalized spacial score (nSPS) is 26.0. The zero-order valence-electron chi connectivity index (χ0n) is 24.2. The Morgan fingerprint density at radius 1 is 1.14 bits per heavy atom. The van der Waals surface area contributed by atoms with E-state index in [-0.39, 0.29) is 29.7 Å². The van der Waals surface area contributed by atoms with E-state index in [4.69, 9.17) is 10.5 Å². The van der Waals surface area contributed by atoms with Gasteiger partial charge in [0, 0.05) is 17.1 Å². The Bertz CT molecular complexity index is 1650. The van der Waals surface area contributed by atoms with Crippen LogP contribution in [0.3, 0.4) is 0 Å². The Labute approximate surface area is 247 Å². The molecule has 0 aromatic heterocycles. The number of hydrogen-bond donors (Lipinski definition) is 6. The first-order valence-electron chi connectivity index (χ1n) is 13.8. The number of carbonyl (C=O) groups excluding carboxylic acids is 3. The molecule has 0 saturated carbocycles. The van der Waals surface area contributed by atoms with Crippen molar-refractivity contribution in [1.82, 2.24) is 4.90 Å². The van der Waals surface area contributed by atoms with Gasteiger partial charge < -0.3 is 36.0 Å². The molecule has 11 heteroatoms. The second-order valence-electron chi connectivity index (χ2n) is 11.4. The van der Waals surface area contributed by atoms with E-state index in [0.717, 1.165) is 0 Å². The Hall–Kier alpha value is -4.45. The molecule has 2 aromatic rings. The lowest BCUT2D eigenvalue weighted by atomic mass is 9.58. The van der Waals surface area contributed by atoms with Crippen molar-refractivity contribution in [1.29, 1.82) is 0 Å². The van der Waals surface area contributed by atoms with Crippen LogP contribution in [0.5, 0.6) is 11.5 Å². The molecule has 7 N–H and O–H groups in total. The van der Waals surface area contributed by atoms with Gasteiger partial charge in [-0.15, -0.1) is 0 Å². The predicted octanol–water partition coefficient (Wildman–Crippen LogP) is 2.41. The number of allylic oxidation sites excluding steroid dienone is 2. The third kappa shape index (κ3) is 4.34. The van der Waals surface area contributed by atoms with Gasteiger partial charge in [0.25, 0.3) is 5.91 Å². The number of phenols is 1. The monoisotopic (exact) mass is 590 g/mol. The number of hydrogen-bond acceptors (Lipinski definition) is 10. The molecule has 5 rings (SSSR count). The molecular formula is C32H34N2O9. The maximum Gasteiger partial charge on any atom is 0.255 e. The molecule has 0 heterocycles. The van der Waals surface area contributed by atoms with E-state index in [2.05, 4.69) is 0 Å². The van der Waals surface area contributed by atoms with E-state index >= 15 is 0 Å². The number of Topliss-reactive ketones (excluding diaryl/α,β-unsaturated/α-hetero) is 2. The van der Waals surface area contributed by atoms with E-state index in [1.807, 2.05) is 0 Å². The van der Waals surface area contributed by atoms with Crippen LogP contribution in [-0.2, 0) is 16.0 Å². The number of rotatable bonds is 6. The Balaban J connectivity index is 1.72. The Morgan fingerprint density at radius 2 is 1.84 bits per heavy atom. The molecule has 0 bridgehead atoms. The van der Waals surface area contributed by atoms with Crippen molar-refractivity contribution in [2.75, 3.05) is 21.2 Å². The number of likely N-dealkylation sites (N-methyl/N-ethyl adjacent to an activating group) is 1. The van der Waals surface area contributed by atoms with Gasteiger partial charge in [0.15, 0.2) is 11.4 Å². The molecular weight excluding hydrogens is 556 g/mol. The van der Waals surface area contributed by atoms with Gasteiger partial charge in [-0.25, -0.2) is 0 Å². The summed E-state index contributed by atoms with van der Waals surface area (Å²) in [5, 5.41) is 55.7. The van der Waals surface area contributed by atoms with Crippen molar-refractivity contribution >= 4 is 17.5 Å². The first-order chi connectivity index (χ1) is 20.3. The van der Waals surface area contributed by atoms with Crippen molar-refractivity contribution in [3.05, 3.63) is 81.8 Å². The third-order valence-corrected chi connectivity index (χ3v) is 8.84. The summed E-state index contributed by atoms with van der Waals surface area (Å²) in [6.07, 6.45) is 2.52. The van der Waals surface area contributed by atoms with Gasteiger partial charge in [-0.3, -0.25) is 19.3 Å². The van der Waals surface area contributed by atoms with Crippen LogP contribution in [0.15, 0.2) is 65.1 Å². The number of aromatic hydroxyl groups is 1. The fourth-order valence-electron chi connectivity index (χ4n) is 6.92. The van der Waals surface area contributed by atoms with Crippen LogP contribution in [0.4, 0.5) is 0 Å². The summed E-state index contributed by atoms with van der Waals surface area (Å²) in [6, 6.07) is 7.03. The zero-order valence-corrected chi connectivity index (χ0v) is 24.2. The average Bonchev–Trinajstić information content (AvgIpc) is 2.94. The molecule has 226 valence electrons. The van der Waals surface area contributed by atoms with E-state index < -0.39 is 64.1 Å². The minimum absolute atomic E-state index is 0.0297. The van der Waals surface area contributed by atoms with Crippen molar-refractivity contribution in [2.45, 2.75) is 37.5 Å². The first kappa shape index (κ1) is 30.0. The molecule has 3 aliphatic rings. The van der Waals surface area contributed by atoms with Crippen molar-refractivity contribution < 1.29 is 44.7 Å². The van der Waals surface area contributed by atoms with Crippen LogP contribution < -0.4 is 10.5 Å². The maximum absolute atomic E-state index is 14.1. The van der Waals surface area contributed by atoms with Gasteiger partial charge in [-0.05, 0) is 74.7 Å². The number of nitrogens with two attached hydrogens (primary N) is 1. The van der Waals surface area contributed by atoms with E-state index in [9.17, 15) is 39.9 Å². The number of carbonyl (C=O) groups is 3. The molecule has 11 nitrogen and oxygen atoms in total. The number of primary amides is 1. The zero-order chi connectivity index (χ0) is 31.5. The van der Waals surface area contributed by atoms with Crippen molar-refractivity contribution in [2.24, 2.45) is 17.6 Å². The van der Waals surface area contributed by atoms with Crippen LogP contribution in [0.2, 0.25) is 0 Å². The quantitative estimate of drug-likeness (QED) is 0.215. The molecule has 0 fully saturated rings. The number of amides is 1. The number of phenolic OH excluding ortho intramolecular Hbond substituents is 1. The smallest absolute Gasteiger partial charge is 0.255 e. The number of methoxy groups -OCH3 is 1. The lowest BCUT2D eigenvalue weighted by Gasteiger charge is -2.50. The summed E-state index contributed by atoms with van der Waals surface area (Å²) in [5.74, 6) is -6.67. The number of aliphatic hydroxyl groups is 4. The minimum Gasteiger partial charge on any atom is -0.510 e. The highest BCUT2D eigenvalue weighted by Gasteiger charge is 2.63. The molecule has 0 spiro atoms. The number of nitrogens with zero attached hydrogens (tertiary/aromatic N) is 1. The molecule has 1 unspecified atom stereocenters. The van der Waals surface area contributed by atoms with Crippen LogP contribution in [0.25, 0.3) is 11.1 Å². The lowest BCUT2D eigenvalue weighted by Crippen LogP contribution is -2.63. The molecule has 0 saturated heterocycles. The molecule has 0 aliphatic heterocycles. The molecule has 0 radical (unpaired) electrons. The highest BCUT2D eigenvalue weighted by atomic mass is 16.5. The van der Waals surface area contributed by atoms with Crippen LogP contribution in [-0.4, -0.2) is 80.8 Å². The standard InChI is InChI=1S/C32H34N2O9/c1-5-6-20(35)14-7-10-22(43-4)17(11-14)16-8-9-21(36)24-18(16)12-15-13-19-26(34(2)3)28(38)25(31(33)41)30(40)32(19,42)29(39)23(15)27(24)37/h5-11,15,19-20,26,35-36,38-39,42H,12-13H2,1-4H3,(H2,33,41)/b6-5+/t15-,19-,20?,26-,32-/m0/s1. The topological polar surface area (TPSA) is 191 Å². The van der Waals surface area contributed by atoms with Gasteiger partial charge in [0.2, 0.25) is 5.78 Å². The van der Waals surface area contributed by atoms with E-state index in [0.29, 0.717) is 28.0 Å². The summed E-state index contributed by atoms with van der Waals surface area (Å²) in [4.78, 5) is 41.2. The fourth-order valence-corrected chi connectivity index (χ4v) is 6.92. The van der Waals surface area contributed by atoms with E-state index in [1.165, 1.54) is 18.1 Å². The summed E-state index contributed by atoms with van der Waals surface area (Å²) < 4.78 is 5.60. The highest BCUT2D eigenvalue weighted by molar-refractivity contribution is 6.25. The summed E-state index contributed by atoms with van der Waals surface area (Å²) in [6.45, 7) is 1.78. The van der Waals surface area contributed by atoms with Crippen LogP contribution in [0, 0.1) is 11.8 Å². The van der Waals surface area contributed by atoms with Crippen molar-refractivity contribution in [3.63, 3.8) is 0 Å². The predicted molar refractivity (Wildman–Crippen MR) is 155 cm³/mol. The third-order valence-electron chi connectivity index (χ3n) is 8.84. The number of ether oxygens (including phenoxy) is 1. The first-order valence-corrected chi connectivity index (χ1v) is 13.8. The van der Waals surface area contributed by atoms with Gasteiger partial charge in [-0.2, -0.15) is 0 Å². The summed E-state index contributed by atoms with van der Waals surface area (Å²) >= 11 is 0.